The molecule has 0 atom stereocenters. The van der Waals surface area contributed by atoms with Gasteiger partial charge in [-0.05, 0) is 13.0 Å². The first kappa shape index (κ1) is 11.4. The third-order valence-corrected chi connectivity index (χ3v) is 1.91. The van der Waals surface area contributed by atoms with Crippen molar-refractivity contribution in [2.24, 2.45) is 0 Å². The maximum absolute atomic E-state index is 10.6. The zero-order valence-corrected chi connectivity index (χ0v) is 8.82. The summed E-state index contributed by atoms with van der Waals surface area (Å²) in [5.41, 5.74) is 0.628. The zero-order valence-electron chi connectivity index (χ0n) is 8.82. The molecule has 15 heavy (non-hydrogen) atoms. The molecular formula is C11H14O4. The van der Waals surface area contributed by atoms with Gasteiger partial charge in [-0.25, -0.2) is 0 Å². The molecule has 0 heterocycles. The van der Waals surface area contributed by atoms with Crippen LogP contribution in [0.2, 0.25) is 0 Å². The summed E-state index contributed by atoms with van der Waals surface area (Å²) in [5, 5.41) is 8.73. The van der Waals surface area contributed by atoms with Crippen molar-refractivity contribution in [3.05, 3.63) is 23.8 Å². The van der Waals surface area contributed by atoms with Gasteiger partial charge in [0.2, 0.25) is 0 Å². The summed E-state index contributed by atoms with van der Waals surface area (Å²) < 4.78 is 10.5. The molecule has 0 amide bonds. The molecule has 1 aromatic carbocycles. The molecule has 0 spiro atoms. The molecule has 1 N–H and O–H groups in total. The number of ether oxygens (including phenoxy) is 2. The van der Waals surface area contributed by atoms with Gasteiger partial charge < -0.3 is 14.6 Å². The van der Waals surface area contributed by atoms with Crippen molar-refractivity contribution in [2.45, 2.75) is 13.3 Å². The number of hydrogen-bond donors (Lipinski definition) is 1. The van der Waals surface area contributed by atoms with Gasteiger partial charge in [-0.3, -0.25) is 4.79 Å². The lowest BCUT2D eigenvalue weighted by Crippen LogP contribution is -2.05. The van der Waals surface area contributed by atoms with Gasteiger partial charge in [0.1, 0.15) is 0 Å². The molecule has 1 rings (SSSR count). The van der Waals surface area contributed by atoms with E-state index in [-0.39, 0.29) is 6.42 Å². The molecule has 0 fully saturated rings. The maximum atomic E-state index is 10.6. The van der Waals surface area contributed by atoms with E-state index >= 15 is 0 Å². The Labute approximate surface area is 88.4 Å². The Morgan fingerprint density at radius 1 is 1.47 bits per heavy atom. The molecule has 82 valence electrons. The lowest BCUT2D eigenvalue weighted by Gasteiger charge is -2.12. The molecule has 0 radical (unpaired) electrons. The van der Waals surface area contributed by atoms with E-state index in [1.807, 2.05) is 6.92 Å². The van der Waals surface area contributed by atoms with Gasteiger partial charge in [0, 0.05) is 5.56 Å². The summed E-state index contributed by atoms with van der Waals surface area (Å²) in [5.74, 6) is 0.199. The Kier molecular flexibility index (Phi) is 3.97. The smallest absolute Gasteiger partial charge is 0.307 e. The van der Waals surface area contributed by atoms with Crippen LogP contribution in [0.3, 0.4) is 0 Å². The van der Waals surface area contributed by atoms with Gasteiger partial charge in [-0.2, -0.15) is 0 Å². The number of aliphatic carboxylic acids is 1. The Balaban J connectivity index is 3.06. The standard InChI is InChI=1S/C11H14O4/c1-3-15-11-8(7-10(12)13)5-4-6-9(11)14-2/h4-6H,3,7H2,1-2H3,(H,12,13). The first-order valence-electron chi connectivity index (χ1n) is 4.69. The van der Waals surface area contributed by atoms with Gasteiger partial charge >= 0.3 is 5.97 Å². The Hall–Kier alpha value is -1.71. The minimum Gasteiger partial charge on any atom is -0.493 e. The number of para-hydroxylation sites is 1. The van der Waals surface area contributed by atoms with Crippen LogP contribution in [0, 0.1) is 0 Å². The van der Waals surface area contributed by atoms with E-state index in [1.165, 1.54) is 7.11 Å². The first-order valence-corrected chi connectivity index (χ1v) is 4.69. The Morgan fingerprint density at radius 3 is 2.73 bits per heavy atom. The number of benzene rings is 1. The van der Waals surface area contributed by atoms with Crippen LogP contribution in [0.15, 0.2) is 18.2 Å². The lowest BCUT2D eigenvalue weighted by molar-refractivity contribution is -0.136. The quantitative estimate of drug-likeness (QED) is 0.804. The summed E-state index contributed by atoms with van der Waals surface area (Å²) in [6.45, 7) is 2.32. The fourth-order valence-corrected chi connectivity index (χ4v) is 1.33. The Morgan fingerprint density at radius 2 is 2.20 bits per heavy atom. The minimum atomic E-state index is -0.885. The fourth-order valence-electron chi connectivity index (χ4n) is 1.33. The normalized spacial score (nSPS) is 9.73. The summed E-state index contributed by atoms with van der Waals surface area (Å²) in [6.07, 6.45) is -0.0630. The molecule has 0 aliphatic carbocycles. The van der Waals surface area contributed by atoms with Crippen LogP contribution in [0.1, 0.15) is 12.5 Å². The number of rotatable bonds is 5. The third-order valence-electron chi connectivity index (χ3n) is 1.91. The van der Waals surface area contributed by atoms with Crippen molar-refractivity contribution in [1.29, 1.82) is 0 Å². The molecule has 0 aliphatic heterocycles. The SMILES string of the molecule is CCOc1c(CC(=O)O)cccc1OC. The number of carboxylic acid groups (broad SMARTS) is 1. The number of hydrogen-bond acceptors (Lipinski definition) is 3. The number of carboxylic acids is 1. The second kappa shape index (κ2) is 5.24. The second-order valence-corrected chi connectivity index (χ2v) is 2.95. The topological polar surface area (TPSA) is 55.8 Å². The van der Waals surface area contributed by atoms with Crippen LogP contribution in [-0.4, -0.2) is 24.8 Å². The van der Waals surface area contributed by atoms with Crippen molar-refractivity contribution in [3.8, 4) is 11.5 Å². The largest absolute Gasteiger partial charge is 0.493 e. The summed E-state index contributed by atoms with van der Waals surface area (Å²) in [7, 11) is 1.53. The Bertz CT molecular complexity index is 346. The molecule has 0 unspecified atom stereocenters. The van der Waals surface area contributed by atoms with Crippen LogP contribution in [-0.2, 0) is 11.2 Å². The van der Waals surface area contributed by atoms with Crippen molar-refractivity contribution >= 4 is 5.97 Å². The van der Waals surface area contributed by atoms with E-state index in [0.29, 0.717) is 23.7 Å². The average Bonchev–Trinajstić information content (AvgIpc) is 2.20. The highest BCUT2D eigenvalue weighted by Crippen LogP contribution is 2.31. The molecule has 0 saturated carbocycles. The monoisotopic (exact) mass is 210 g/mol. The maximum Gasteiger partial charge on any atom is 0.307 e. The van der Waals surface area contributed by atoms with Crippen LogP contribution in [0.5, 0.6) is 11.5 Å². The molecule has 4 nitrogen and oxygen atoms in total. The van der Waals surface area contributed by atoms with Crippen molar-refractivity contribution in [3.63, 3.8) is 0 Å². The predicted octanol–water partition coefficient (Wildman–Crippen LogP) is 1.72. The molecule has 0 saturated heterocycles. The number of carbonyl (C=O) groups is 1. The molecule has 0 aromatic heterocycles. The van der Waals surface area contributed by atoms with Gasteiger partial charge in [-0.1, -0.05) is 12.1 Å². The predicted molar refractivity (Wildman–Crippen MR) is 55.5 cm³/mol. The van der Waals surface area contributed by atoms with E-state index in [9.17, 15) is 4.79 Å². The van der Waals surface area contributed by atoms with E-state index in [2.05, 4.69) is 0 Å². The molecule has 4 heteroatoms. The average molecular weight is 210 g/mol. The summed E-state index contributed by atoms with van der Waals surface area (Å²) in [4.78, 5) is 10.6. The molecule has 0 bridgehead atoms. The third kappa shape index (κ3) is 2.87. The molecule has 1 aromatic rings. The highest BCUT2D eigenvalue weighted by Gasteiger charge is 2.12. The van der Waals surface area contributed by atoms with Crippen LogP contribution < -0.4 is 9.47 Å². The minimum absolute atomic E-state index is 0.0630. The van der Waals surface area contributed by atoms with Crippen molar-refractivity contribution in [2.75, 3.05) is 13.7 Å². The zero-order chi connectivity index (χ0) is 11.3. The van der Waals surface area contributed by atoms with Gasteiger partial charge in [0.15, 0.2) is 11.5 Å². The van der Waals surface area contributed by atoms with Crippen molar-refractivity contribution < 1.29 is 19.4 Å². The molecular weight excluding hydrogens is 196 g/mol. The van der Waals surface area contributed by atoms with Crippen LogP contribution in [0.25, 0.3) is 0 Å². The first-order chi connectivity index (χ1) is 7.19. The lowest BCUT2D eigenvalue weighted by atomic mass is 10.1. The van der Waals surface area contributed by atoms with E-state index in [4.69, 9.17) is 14.6 Å². The van der Waals surface area contributed by atoms with Crippen molar-refractivity contribution in [1.82, 2.24) is 0 Å². The summed E-state index contributed by atoms with van der Waals surface area (Å²) >= 11 is 0. The second-order valence-electron chi connectivity index (χ2n) is 2.95. The van der Waals surface area contributed by atoms with Crippen LogP contribution >= 0.6 is 0 Å². The molecule has 0 aliphatic rings. The highest BCUT2D eigenvalue weighted by atomic mass is 16.5. The van der Waals surface area contributed by atoms with Crippen LogP contribution in [0.4, 0.5) is 0 Å². The van der Waals surface area contributed by atoms with E-state index in [1.54, 1.807) is 18.2 Å². The van der Waals surface area contributed by atoms with E-state index in [0.717, 1.165) is 0 Å². The van der Waals surface area contributed by atoms with Gasteiger partial charge in [0.05, 0.1) is 20.1 Å². The van der Waals surface area contributed by atoms with Gasteiger partial charge in [0.25, 0.3) is 0 Å². The highest BCUT2D eigenvalue weighted by molar-refractivity contribution is 5.72. The summed E-state index contributed by atoms with van der Waals surface area (Å²) in [6, 6.07) is 5.22. The fraction of sp³-hybridized carbons (Fsp3) is 0.364. The number of methoxy groups -OCH3 is 1. The van der Waals surface area contributed by atoms with Gasteiger partial charge in [-0.15, -0.1) is 0 Å². The van der Waals surface area contributed by atoms with E-state index < -0.39 is 5.97 Å².